The van der Waals surface area contributed by atoms with Gasteiger partial charge in [-0.25, -0.2) is 9.97 Å². The van der Waals surface area contributed by atoms with E-state index in [9.17, 15) is 9.59 Å². The number of rotatable bonds is 4. The summed E-state index contributed by atoms with van der Waals surface area (Å²) < 4.78 is 0.961. The lowest BCUT2D eigenvalue weighted by Gasteiger charge is -2.07. The third-order valence-electron chi connectivity index (χ3n) is 3.26. The number of thioether (sulfide) groups is 1. The van der Waals surface area contributed by atoms with Crippen molar-refractivity contribution < 1.29 is 9.59 Å². The van der Waals surface area contributed by atoms with Crippen LogP contribution in [0.1, 0.15) is 15.9 Å². The van der Waals surface area contributed by atoms with E-state index in [0.717, 1.165) is 20.8 Å². The molecular weight excluding hydrogens is 380 g/mol. The second-order valence-electron chi connectivity index (χ2n) is 5.07. The van der Waals surface area contributed by atoms with Crippen LogP contribution >= 0.6 is 34.7 Å². The third-order valence-corrected chi connectivity index (χ3v) is 5.72. The molecular formula is C16H13ClN4O2S2. The minimum Gasteiger partial charge on any atom is -0.272 e. The molecule has 0 saturated carbocycles. The van der Waals surface area contributed by atoms with Crippen LogP contribution in [0.25, 0.3) is 10.2 Å². The smallest absolute Gasteiger partial charge is 0.269 e. The normalized spacial score (nSPS) is 10.6. The molecule has 0 aliphatic carbocycles. The molecule has 1 aromatic carbocycles. The monoisotopic (exact) mass is 392 g/mol. The maximum Gasteiger partial charge on any atom is 0.269 e. The van der Waals surface area contributed by atoms with Gasteiger partial charge in [0.15, 0.2) is 0 Å². The largest absolute Gasteiger partial charge is 0.272 e. The number of halogens is 1. The van der Waals surface area contributed by atoms with Gasteiger partial charge in [0.1, 0.15) is 11.4 Å². The highest BCUT2D eigenvalue weighted by molar-refractivity contribution is 8.00. The molecule has 2 aromatic heterocycles. The summed E-state index contributed by atoms with van der Waals surface area (Å²) in [4.78, 5) is 32.3. The molecule has 6 nitrogen and oxygen atoms in total. The minimum atomic E-state index is -0.409. The van der Waals surface area contributed by atoms with Crippen LogP contribution in [0.15, 0.2) is 41.0 Å². The highest BCUT2D eigenvalue weighted by atomic mass is 35.5. The maximum absolute atomic E-state index is 11.9. The van der Waals surface area contributed by atoms with Gasteiger partial charge in [-0.3, -0.25) is 20.4 Å². The van der Waals surface area contributed by atoms with E-state index in [4.69, 9.17) is 11.6 Å². The number of nitrogens with zero attached hydrogens (tertiary/aromatic N) is 2. The number of hydrogen-bond acceptors (Lipinski definition) is 6. The molecule has 0 aliphatic rings. The first kappa shape index (κ1) is 17.7. The quantitative estimate of drug-likeness (QED) is 0.404. The van der Waals surface area contributed by atoms with Crippen molar-refractivity contribution in [3.63, 3.8) is 0 Å². The lowest BCUT2D eigenvalue weighted by atomic mass is 10.2. The fourth-order valence-electron chi connectivity index (χ4n) is 2.02. The average molecular weight is 393 g/mol. The molecule has 2 heterocycles. The Morgan fingerprint density at radius 2 is 1.96 bits per heavy atom. The summed E-state index contributed by atoms with van der Waals surface area (Å²) >= 11 is 8.62. The van der Waals surface area contributed by atoms with Crippen LogP contribution in [0.2, 0.25) is 5.02 Å². The van der Waals surface area contributed by atoms with Crippen molar-refractivity contribution in [1.82, 2.24) is 20.8 Å². The minimum absolute atomic E-state index is 0.129. The molecule has 3 rings (SSSR count). The van der Waals surface area contributed by atoms with Crippen molar-refractivity contribution in [1.29, 1.82) is 0 Å². The first-order chi connectivity index (χ1) is 12.0. The Kier molecular flexibility index (Phi) is 5.52. The van der Waals surface area contributed by atoms with E-state index in [2.05, 4.69) is 20.8 Å². The molecule has 0 fully saturated rings. The van der Waals surface area contributed by atoms with E-state index in [0.29, 0.717) is 10.6 Å². The predicted octanol–water partition coefficient (Wildman–Crippen LogP) is 3.21. The van der Waals surface area contributed by atoms with Gasteiger partial charge in [0.05, 0.1) is 16.0 Å². The van der Waals surface area contributed by atoms with E-state index >= 15 is 0 Å². The van der Waals surface area contributed by atoms with Crippen LogP contribution in [-0.2, 0) is 4.79 Å². The zero-order valence-corrected chi connectivity index (χ0v) is 15.5. The number of hydrazine groups is 1. The van der Waals surface area contributed by atoms with Gasteiger partial charge in [-0.2, -0.15) is 0 Å². The van der Waals surface area contributed by atoms with E-state index in [1.54, 1.807) is 35.6 Å². The topological polar surface area (TPSA) is 84.0 Å². The van der Waals surface area contributed by atoms with Crippen LogP contribution in [0.4, 0.5) is 0 Å². The Morgan fingerprint density at radius 3 is 2.72 bits per heavy atom. The standard InChI is InChI=1S/C16H13ClN4O2S2/c1-9-6-24-14-13(9)18-8-19-16(14)25-7-12(22)20-21-15(23)10-2-4-11(17)5-3-10/h2-6,8H,7H2,1H3,(H,20,22)(H,21,23). The molecule has 2 amide bonds. The summed E-state index contributed by atoms with van der Waals surface area (Å²) in [5.41, 5.74) is 7.15. The number of amides is 2. The molecule has 9 heteroatoms. The fourth-order valence-corrected chi connectivity index (χ4v) is 4.04. The number of nitrogens with one attached hydrogen (secondary N) is 2. The summed E-state index contributed by atoms with van der Waals surface area (Å²) in [6.07, 6.45) is 1.49. The van der Waals surface area contributed by atoms with Crippen LogP contribution < -0.4 is 10.9 Å². The Labute approximate surface area is 157 Å². The zero-order valence-electron chi connectivity index (χ0n) is 13.1. The summed E-state index contributed by atoms with van der Waals surface area (Å²) in [5.74, 6) is -0.607. The Bertz CT molecular complexity index is 928. The summed E-state index contributed by atoms with van der Waals surface area (Å²) in [6.45, 7) is 1.99. The van der Waals surface area contributed by atoms with Gasteiger partial charge in [0, 0.05) is 10.6 Å². The number of hydrogen-bond donors (Lipinski definition) is 2. The molecule has 0 aliphatic heterocycles. The van der Waals surface area contributed by atoms with Gasteiger partial charge in [0.25, 0.3) is 5.91 Å². The van der Waals surface area contributed by atoms with E-state index < -0.39 is 5.91 Å². The van der Waals surface area contributed by atoms with E-state index in [-0.39, 0.29) is 11.7 Å². The van der Waals surface area contributed by atoms with E-state index in [1.807, 2.05) is 12.3 Å². The number of fused-ring (bicyclic) bond motifs is 1. The van der Waals surface area contributed by atoms with Crippen LogP contribution in [0.5, 0.6) is 0 Å². The molecule has 2 N–H and O–H groups in total. The van der Waals surface area contributed by atoms with Gasteiger partial charge in [0.2, 0.25) is 5.91 Å². The van der Waals surface area contributed by atoms with E-state index in [1.165, 1.54) is 18.1 Å². The molecule has 0 atom stereocenters. The molecule has 128 valence electrons. The third kappa shape index (κ3) is 4.28. The summed E-state index contributed by atoms with van der Waals surface area (Å²) in [7, 11) is 0. The number of carbonyl (C=O) groups is 2. The Balaban J connectivity index is 1.54. The molecule has 0 bridgehead atoms. The first-order valence-corrected chi connectivity index (χ1v) is 9.45. The van der Waals surface area contributed by atoms with Crippen molar-refractivity contribution in [2.75, 3.05) is 5.75 Å². The molecule has 25 heavy (non-hydrogen) atoms. The van der Waals surface area contributed by atoms with Crippen molar-refractivity contribution in [3.05, 3.63) is 52.1 Å². The van der Waals surface area contributed by atoms with Gasteiger partial charge in [-0.1, -0.05) is 23.4 Å². The van der Waals surface area contributed by atoms with Gasteiger partial charge >= 0.3 is 0 Å². The van der Waals surface area contributed by atoms with Crippen LogP contribution in [-0.4, -0.2) is 27.5 Å². The number of aryl methyl sites for hydroxylation is 1. The molecule has 0 radical (unpaired) electrons. The number of aromatic nitrogens is 2. The lowest BCUT2D eigenvalue weighted by Crippen LogP contribution is -2.42. The number of carbonyl (C=O) groups excluding carboxylic acids is 2. The average Bonchev–Trinajstić information content (AvgIpc) is 3.00. The molecule has 0 spiro atoms. The fraction of sp³-hybridized carbons (Fsp3) is 0.125. The number of benzene rings is 1. The Morgan fingerprint density at radius 1 is 1.20 bits per heavy atom. The van der Waals surface area contributed by atoms with Crippen molar-refractivity contribution in [2.45, 2.75) is 11.9 Å². The first-order valence-electron chi connectivity index (χ1n) is 7.21. The second-order valence-corrected chi connectivity index (χ2v) is 7.35. The van der Waals surface area contributed by atoms with Crippen molar-refractivity contribution >= 4 is 56.7 Å². The molecule has 0 unspecified atom stereocenters. The highest BCUT2D eigenvalue weighted by Gasteiger charge is 2.12. The second kappa shape index (κ2) is 7.81. The van der Waals surface area contributed by atoms with Crippen molar-refractivity contribution in [3.8, 4) is 0 Å². The van der Waals surface area contributed by atoms with Crippen LogP contribution in [0.3, 0.4) is 0 Å². The number of thiophene rings is 1. The lowest BCUT2D eigenvalue weighted by molar-refractivity contribution is -0.119. The highest BCUT2D eigenvalue weighted by Crippen LogP contribution is 2.31. The molecule has 0 saturated heterocycles. The van der Waals surface area contributed by atoms with Gasteiger partial charge in [-0.15, -0.1) is 11.3 Å². The van der Waals surface area contributed by atoms with Gasteiger partial charge < -0.3 is 0 Å². The summed E-state index contributed by atoms with van der Waals surface area (Å²) in [5, 5.41) is 3.30. The maximum atomic E-state index is 11.9. The van der Waals surface area contributed by atoms with Crippen molar-refractivity contribution in [2.24, 2.45) is 0 Å². The SMILES string of the molecule is Cc1csc2c(SCC(=O)NNC(=O)c3ccc(Cl)cc3)ncnc12. The summed E-state index contributed by atoms with van der Waals surface area (Å²) in [6, 6.07) is 6.37. The Hall–Kier alpha value is -2.16. The molecule has 3 aromatic rings. The van der Waals surface area contributed by atoms with Crippen LogP contribution in [0, 0.1) is 6.92 Å². The predicted molar refractivity (Wildman–Crippen MR) is 99.9 cm³/mol. The van der Waals surface area contributed by atoms with Gasteiger partial charge in [-0.05, 0) is 42.1 Å². The zero-order chi connectivity index (χ0) is 17.8.